The molecule has 2 aromatic carbocycles. The minimum Gasteiger partial charge on any atom is -0.445 e. The van der Waals surface area contributed by atoms with Crippen LogP contribution in [0, 0.1) is 11.2 Å². The Kier molecular flexibility index (Phi) is 6.74. The molecule has 1 unspecified atom stereocenters. The Hall–Kier alpha value is -4.50. The van der Waals surface area contributed by atoms with Gasteiger partial charge < -0.3 is 14.5 Å². The van der Waals surface area contributed by atoms with Crippen molar-refractivity contribution in [1.82, 2.24) is 25.1 Å². The standard InChI is InChI=1S/C32H28ClFN6O2/c33-22-6-7-26(34)24(14-22)30-25(17-36-38-30)27-8-9-28-29(37-27)15-23(16-35-28)39-12-10-32(19-39)11-13-40(20-32)31(41)42-18-21-4-2-1-3-5-21/h1-9,14-17H,10-13,18-20H2,(H,36,38). The van der Waals surface area contributed by atoms with Crippen LogP contribution in [0.5, 0.6) is 0 Å². The number of carbonyl (C=O) groups is 1. The lowest BCUT2D eigenvalue weighted by atomic mass is 9.86. The number of fused-ring (bicyclic) bond motifs is 1. The number of hydrogen-bond donors (Lipinski definition) is 1. The van der Waals surface area contributed by atoms with Crippen molar-refractivity contribution in [3.63, 3.8) is 0 Å². The zero-order chi connectivity index (χ0) is 28.7. The lowest BCUT2D eigenvalue weighted by molar-refractivity contribution is 0.100. The van der Waals surface area contributed by atoms with Crippen LogP contribution in [0.3, 0.4) is 0 Å². The molecule has 2 saturated heterocycles. The highest BCUT2D eigenvalue weighted by Crippen LogP contribution is 2.42. The number of H-pyrrole nitrogens is 1. The summed E-state index contributed by atoms with van der Waals surface area (Å²) in [6.45, 7) is 3.37. The Balaban J connectivity index is 1.07. The molecule has 1 N–H and O–H groups in total. The van der Waals surface area contributed by atoms with Crippen molar-refractivity contribution in [2.75, 3.05) is 31.1 Å². The Bertz CT molecular complexity index is 1780. The highest BCUT2D eigenvalue weighted by atomic mass is 35.5. The summed E-state index contributed by atoms with van der Waals surface area (Å²) in [6.07, 6.45) is 5.27. The molecule has 1 amide bonds. The second-order valence-electron chi connectivity index (χ2n) is 11.1. The molecule has 0 radical (unpaired) electrons. The Morgan fingerprint density at radius 2 is 1.86 bits per heavy atom. The molecule has 0 saturated carbocycles. The van der Waals surface area contributed by atoms with Crippen molar-refractivity contribution in [3.8, 4) is 22.5 Å². The van der Waals surface area contributed by atoms with Crippen molar-refractivity contribution >= 4 is 34.4 Å². The highest BCUT2D eigenvalue weighted by molar-refractivity contribution is 6.30. The molecular formula is C32H28ClFN6O2. The third-order valence-electron chi connectivity index (χ3n) is 8.33. The number of pyridine rings is 2. The summed E-state index contributed by atoms with van der Waals surface area (Å²) >= 11 is 6.14. The molecule has 3 aromatic heterocycles. The van der Waals surface area contributed by atoms with Gasteiger partial charge in [-0.3, -0.25) is 10.1 Å². The number of ether oxygens (including phenoxy) is 1. The first kappa shape index (κ1) is 26.4. The van der Waals surface area contributed by atoms with Crippen LogP contribution in [-0.4, -0.2) is 57.3 Å². The molecule has 0 bridgehead atoms. The molecule has 5 aromatic rings. The van der Waals surface area contributed by atoms with Gasteiger partial charge in [-0.25, -0.2) is 14.2 Å². The lowest BCUT2D eigenvalue weighted by Crippen LogP contribution is -2.34. The van der Waals surface area contributed by atoms with Gasteiger partial charge in [0.25, 0.3) is 0 Å². The Morgan fingerprint density at radius 3 is 2.74 bits per heavy atom. The van der Waals surface area contributed by atoms with Crippen LogP contribution in [0.15, 0.2) is 79.1 Å². The van der Waals surface area contributed by atoms with Gasteiger partial charge in [0, 0.05) is 53.9 Å². The maximum atomic E-state index is 14.6. The topological polar surface area (TPSA) is 87.2 Å². The maximum Gasteiger partial charge on any atom is 0.410 e. The van der Waals surface area contributed by atoms with E-state index >= 15 is 0 Å². The highest BCUT2D eigenvalue weighted by Gasteiger charge is 2.45. The van der Waals surface area contributed by atoms with Crippen LogP contribution in [-0.2, 0) is 11.3 Å². The number of hydrogen-bond acceptors (Lipinski definition) is 6. The number of anilines is 1. The molecule has 212 valence electrons. The third kappa shape index (κ3) is 5.05. The number of rotatable bonds is 5. The van der Waals surface area contributed by atoms with Crippen LogP contribution in [0.4, 0.5) is 14.9 Å². The van der Waals surface area contributed by atoms with Crippen molar-refractivity contribution in [2.24, 2.45) is 5.41 Å². The van der Waals surface area contributed by atoms with E-state index in [0.717, 1.165) is 48.2 Å². The van der Waals surface area contributed by atoms with Gasteiger partial charge >= 0.3 is 6.09 Å². The first-order valence-corrected chi connectivity index (χ1v) is 14.3. The maximum absolute atomic E-state index is 14.6. The van der Waals surface area contributed by atoms with E-state index in [1.165, 1.54) is 12.1 Å². The fraction of sp³-hybridized carbons (Fsp3) is 0.250. The minimum atomic E-state index is -0.407. The normalized spacial score (nSPS) is 18.3. The smallest absolute Gasteiger partial charge is 0.410 e. The van der Waals surface area contributed by atoms with Crippen LogP contribution in [0.25, 0.3) is 33.5 Å². The molecule has 1 spiro atoms. The van der Waals surface area contributed by atoms with Crippen LogP contribution in [0.2, 0.25) is 5.02 Å². The number of amides is 1. The van der Waals surface area contributed by atoms with Gasteiger partial charge in [-0.1, -0.05) is 41.9 Å². The van der Waals surface area contributed by atoms with Gasteiger partial charge in [0.1, 0.15) is 18.1 Å². The fourth-order valence-corrected chi connectivity index (χ4v) is 6.25. The fourth-order valence-electron chi connectivity index (χ4n) is 6.08. The number of likely N-dealkylation sites (tertiary alicyclic amines) is 1. The predicted octanol–water partition coefficient (Wildman–Crippen LogP) is 6.72. The molecule has 10 heteroatoms. The first-order valence-electron chi connectivity index (χ1n) is 13.9. The van der Waals surface area contributed by atoms with Crippen molar-refractivity contribution in [2.45, 2.75) is 19.4 Å². The summed E-state index contributed by atoms with van der Waals surface area (Å²) in [4.78, 5) is 26.5. The van der Waals surface area contributed by atoms with E-state index in [2.05, 4.69) is 20.1 Å². The van der Waals surface area contributed by atoms with Gasteiger partial charge in [0.2, 0.25) is 0 Å². The second kappa shape index (κ2) is 10.7. The van der Waals surface area contributed by atoms with E-state index in [9.17, 15) is 9.18 Å². The summed E-state index contributed by atoms with van der Waals surface area (Å²) in [6, 6.07) is 20.0. The minimum absolute atomic E-state index is 0.0305. The average Bonchev–Trinajstić information content (AvgIpc) is 3.78. The zero-order valence-electron chi connectivity index (χ0n) is 22.8. The van der Waals surface area contributed by atoms with E-state index in [1.54, 1.807) is 12.3 Å². The SMILES string of the molecule is O=C(OCc1ccccc1)N1CCC2(CCN(c3cnc4ccc(-c5c[nH]nc5-c5cc(Cl)ccc5F)nc4c3)C2)C1. The Morgan fingerprint density at radius 1 is 1.00 bits per heavy atom. The number of nitrogens with zero attached hydrogens (tertiary/aromatic N) is 5. The van der Waals surface area contributed by atoms with Crippen molar-refractivity contribution < 1.29 is 13.9 Å². The summed E-state index contributed by atoms with van der Waals surface area (Å²) in [5.74, 6) is -0.407. The number of nitrogens with one attached hydrogen (secondary N) is 1. The lowest BCUT2D eigenvalue weighted by Gasteiger charge is -2.25. The molecule has 2 aliphatic rings. The van der Waals surface area contributed by atoms with E-state index in [4.69, 9.17) is 21.3 Å². The summed E-state index contributed by atoms with van der Waals surface area (Å²) in [5, 5.41) is 7.56. The quantitative estimate of drug-likeness (QED) is 0.248. The number of aromatic nitrogens is 4. The Labute approximate surface area is 247 Å². The van der Waals surface area contributed by atoms with Gasteiger partial charge in [-0.15, -0.1) is 0 Å². The molecule has 2 aliphatic heterocycles. The molecule has 5 heterocycles. The molecule has 2 fully saturated rings. The van der Waals surface area contributed by atoms with E-state index in [-0.39, 0.29) is 18.1 Å². The van der Waals surface area contributed by atoms with Crippen LogP contribution >= 0.6 is 11.6 Å². The molecule has 8 nitrogen and oxygen atoms in total. The van der Waals surface area contributed by atoms with Gasteiger partial charge in [-0.2, -0.15) is 5.10 Å². The van der Waals surface area contributed by atoms with Gasteiger partial charge in [0.15, 0.2) is 0 Å². The molecular weight excluding hydrogens is 555 g/mol. The molecule has 7 rings (SSSR count). The number of benzene rings is 2. The number of aromatic amines is 1. The van der Waals surface area contributed by atoms with E-state index in [0.29, 0.717) is 40.6 Å². The van der Waals surface area contributed by atoms with E-state index < -0.39 is 5.82 Å². The second-order valence-corrected chi connectivity index (χ2v) is 11.5. The van der Waals surface area contributed by atoms with E-state index in [1.807, 2.05) is 59.6 Å². The monoisotopic (exact) mass is 582 g/mol. The average molecular weight is 583 g/mol. The van der Waals surface area contributed by atoms with Crippen LogP contribution in [0.1, 0.15) is 18.4 Å². The van der Waals surface area contributed by atoms with Gasteiger partial charge in [-0.05, 0) is 54.8 Å². The predicted molar refractivity (Wildman–Crippen MR) is 160 cm³/mol. The molecule has 1 atom stereocenters. The summed E-state index contributed by atoms with van der Waals surface area (Å²) in [5.41, 5.74) is 5.59. The third-order valence-corrected chi connectivity index (χ3v) is 8.56. The number of carbonyl (C=O) groups excluding carboxylic acids is 1. The molecule has 0 aliphatic carbocycles. The van der Waals surface area contributed by atoms with Crippen molar-refractivity contribution in [3.05, 3.63) is 95.5 Å². The first-order chi connectivity index (χ1) is 20.5. The van der Waals surface area contributed by atoms with Gasteiger partial charge in [0.05, 0.1) is 28.6 Å². The largest absolute Gasteiger partial charge is 0.445 e. The summed E-state index contributed by atoms with van der Waals surface area (Å²) in [7, 11) is 0. The van der Waals surface area contributed by atoms with Crippen LogP contribution < -0.4 is 4.90 Å². The van der Waals surface area contributed by atoms with Crippen molar-refractivity contribution in [1.29, 1.82) is 0 Å². The molecule has 42 heavy (non-hydrogen) atoms. The number of halogens is 2. The summed E-state index contributed by atoms with van der Waals surface area (Å²) < 4.78 is 20.2. The zero-order valence-corrected chi connectivity index (χ0v) is 23.5.